The van der Waals surface area contributed by atoms with Gasteiger partial charge in [0.1, 0.15) is 5.75 Å². The zero-order chi connectivity index (χ0) is 16.7. The Balaban J connectivity index is 1.87. The minimum atomic E-state index is -0.497. The molecule has 0 aliphatic carbocycles. The van der Waals surface area contributed by atoms with Gasteiger partial charge >= 0.3 is 0 Å². The van der Waals surface area contributed by atoms with Gasteiger partial charge in [0.15, 0.2) is 6.61 Å². The van der Waals surface area contributed by atoms with Crippen LogP contribution in [0.5, 0.6) is 5.75 Å². The summed E-state index contributed by atoms with van der Waals surface area (Å²) in [6, 6.07) is 12.8. The van der Waals surface area contributed by atoms with Gasteiger partial charge in [0.2, 0.25) is 0 Å². The lowest BCUT2D eigenvalue weighted by molar-refractivity contribution is -0.384. The van der Waals surface area contributed by atoms with Crippen LogP contribution in [-0.4, -0.2) is 24.5 Å². The zero-order valence-corrected chi connectivity index (χ0v) is 12.5. The predicted molar refractivity (Wildman–Crippen MR) is 84.4 cm³/mol. The summed E-state index contributed by atoms with van der Waals surface area (Å²) >= 11 is 0. The quantitative estimate of drug-likeness (QED) is 0.626. The Morgan fingerprint density at radius 3 is 2.61 bits per heavy atom. The number of carbonyl (C=O) groups is 1. The van der Waals surface area contributed by atoms with Gasteiger partial charge in [0, 0.05) is 24.9 Å². The van der Waals surface area contributed by atoms with E-state index in [9.17, 15) is 14.9 Å². The highest BCUT2D eigenvalue weighted by molar-refractivity contribution is 5.91. The highest BCUT2D eigenvalue weighted by Crippen LogP contribution is 2.17. The number of hydrogen-bond donors (Lipinski definition) is 1. The van der Waals surface area contributed by atoms with Crippen molar-refractivity contribution in [1.82, 2.24) is 0 Å². The van der Waals surface area contributed by atoms with Crippen LogP contribution in [0.4, 0.5) is 11.4 Å². The highest BCUT2D eigenvalue weighted by Gasteiger charge is 2.07. The van der Waals surface area contributed by atoms with E-state index in [-0.39, 0.29) is 18.2 Å². The molecule has 0 saturated carbocycles. The molecule has 23 heavy (non-hydrogen) atoms. The Kier molecular flexibility index (Phi) is 5.65. The number of benzene rings is 2. The Bertz CT molecular complexity index is 685. The van der Waals surface area contributed by atoms with Crippen molar-refractivity contribution in [3.05, 3.63) is 64.2 Å². The summed E-state index contributed by atoms with van der Waals surface area (Å²) in [6.45, 7) is 0.273. The van der Waals surface area contributed by atoms with Crippen LogP contribution in [0.2, 0.25) is 0 Å². The third kappa shape index (κ3) is 5.08. The number of nitrogens with zero attached hydrogens (tertiary/aromatic N) is 1. The van der Waals surface area contributed by atoms with E-state index in [1.807, 2.05) is 18.2 Å². The second-order valence-electron chi connectivity index (χ2n) is 4.72. The van der Waals surface area contributed by atoms with E-state index in [0.717, 1.165) is 5.56 Å². The fourth-order valence-electron chi connectivity index (χ4n) is 1.92. The molecule has 0 unspecified atom stereocenters. The fraction of sp³-hybridized carbons (Fsp3) is 0.188. The molecule has 0 saturated heterocycles. The number of methoxy groups -OCH3 is 1. The lowest BCUT2D eigenvalue weighted by Gasteiger charge is -2.08. The summed E-state index contributed by atoms with van der Waals surface area (Å²) in [6.07, 6.45) is 0. The molecule has 0 aliphatic heterocycles. The summed E-state index contributed by atoms with van der Waals surface area (Å²) in [5.41, 5.74) is 1.56. The second-order valence-corrected chi connectivity index (χ2v) is 4.72. The van der Waals surface area contributed by atoms with Gasteiger partial charge in [-0.15, -0.1) is 0 Å². The molecule has 120 valence electrons. The molecule has 0 fully saturated rings. The normalized spacial score (nSPS) is 10.1. The largest absolute Gasteiger partial charge is 0.484 e. The van der Waals surface area contributed by atoms with Gasteiger partial charge in [-0.3, -0.25) is 14.9 Å². The summed E-state index contributed by atoms with van der Waals surface area (Å²) in [4.78, 5) is 21.9. The van der Waals surface area contributed by atoms with Gasteiger partial charge < -0.3 is 14.8 Å². The highest BCUT2D eigenvalue weighted by atomic mass is 16.6. The molecular formula is C16H16N2O5. The van der Waals surface area contributed by atoms with Crippen LogP contribution in [0.3, 0.4) is 0 Å². The summed E-state index contributed by atoms with van der Waals surface area (Å²) in [5.74, 6) is 0.0665. The molecule has 7 nitrogen and oxygen atoms in total. The monoisotopic (exact) mass is 316 g/mol. The minimum Gasteiger partial charge on any atom is -0.484 e. The number of nitrogens with one attached hydrogen (secondary N) is 1. The number of carbonyl (C=O) groups excluding carboxylic acids is 1. The SMILES string of the molecule is COCc1cccc(NC(=O)COc2ccc([N+](=O)[O-])cc2)c1. The average Bonchev–Trinajstić information content (AvgIpc) is 2.54. The third-order valence-corrected chi connectivity index (χ3v) is 2.94. The lowest BCUT2D eigenvalue weighted by Crippen LogP contribution is -2.20. The van der Waals surface area contributed by atoms with Crippen LogP contribution in [0, 0.1) is 10.1 Å². The van der Waals surface area contributed by atoms with Crippen LogP contribution in [-0.2, 0) is 16.1 Å². The van der Waals surface area contributed by atoms with Crippen LogP contribution in [0.15, 0.2) is 48.5 Å². The van der Waals surface area contributed by atoms with E-state index in [1.54, 1.807) is 13.2 Å². The first-order valence-corrected chi connectivity index (χ1v) is 6.83. The number of anilines is 1. The van der Waals surface area contributed by atoms with Crippen molar-refractivity contribution < 1.29 is 19.2 Å². The number of non-ortho nitro benzene ring substituents is 1. The number of hydrogen-bond acceptors (Lipinski definition) is 5. The van der Waals surface area contributed by atoms with Crippen molar-refractivity contribution >= 4 is 17.3 Å². The molecule has 0 radical (unpaired) electrons. The first-order chi connectivity index (χ1) is 11.1. The van der Waals surface area contributed by atoms with E-state index < -0.39 is 4.92 Å². The van der Waals surface area contributed by atoms with E-state index in [0.29, 0.717) is 18.0 Å². The molecule has 0 atom stereocenters. The smallest absolute Gasteiger partial charge is 0.269 e. The standard InChI is InChI=1S/C16H16N2O5/c1-22-10-12-3-2-4-13(9-12)17-16(19)11-23-15-7-5-14(6-8-15)18(20)21/h2-9H,10-11H2,1H3,(H,17,19). The molecule has 1 amide bonds. The average molecular weight is 316 g/mol. The summed E-state index contributed by atoms with van der Waals surface area (Å²) in [5, 5.41) is 13.3. The van der Waals surface area contributed by atoms with Crippen molar-refractivity contribution in [3.8, 4) is 5.75 Å². The number of amides is 1. The van der Waals surface area contributed by atoms with Crippen LogP contribution in [0.1, 0.15) is 5.56 Å². The molecule has 2 rings (SSSR count). The maximum atomic E-state index is 11.9. The van der Waals surface area contributed by atoms with Crippen LogP contribution in [0.25, 0.3) is 0 Å². The van der Waals surface area contributed by atoms with Gasteiger partial charge in [-0.1, -0.05) is 12.1 Å². The molecule has 0 bridgehead atoms. The molecule has 0 heterocycles. The molecule has 0 spiro atoms. The minimum absolute atomic E-state index is 0.0308. The maximum absolute atomic E-state index is 11.9. The Morgan fingerprint density at radius 1 is 1.22 bits per heavy atom. The number of nitro benzene ring substituents is 1. The molecule has 2 aromatic carbocycles. The number of rotatable bonds is 7. The molecule has 2 aromatic rings. The first kappa shape index (κ1) is 16.4. The van der Waals surface area contributed by atoms with Crippen LogP contribution < -0.4 is 10.1 Å². The topological polar surface area (TPSA) is 90.7 Å². The maximum Gasteiger partial charge on any atom is 0.269 e. The van der Waals surface area contributed by atoms with Gasteiger partial charge in [-0.25, -0.2) is 0 Å². The Hall–Kier alpha value is -2.93. The molecule has 0 aromatic heterocycles. The third-order valence-electron chi connectivity index (χ3n) is 2.94. The van der Waals surface area contributed by atoms with Crippen molar-refractivity contribution in [2.75, 3.05) is 19.0 Å². The molecular weight excluding hydrogens is 300 g/mol. The van der Waals surface area contributed by atoms with E-state index >= 15 is 0 Å². The summed E-state index contributed by atoms with van der Waals surface area (Å²) in [7, 11) is 1.60. The van der Waals surface area contributed by atoms with Crippen molar-refractivity contribution in [2.24, 2.45) is 0 Å². The van der Waals surface area contributed by atoms with Crippen molar-refractivity contribution in [3.63, 3.8) is 0 Å². The molecule has 1 N–H and O–H groups in total. The van der Waals surface area contributed by atoms with E-state index in [4.69, 9.17) is 9.47 Å². The van der Waals surface area contributed by atoms with E-state index in [2.05, 4.69) is 5.32 Å². The van der Waals surface area contributed by atoms with Crippen molar-refractivity contribution in [2.45, 2.75) is 6.61 Å². The van der Waals surface area contributed by atoms with Gasteiger partial charge in [0.25, 0.3) is 11.6 Å². The predicted octanol–water partition coefficient (Wildman–Crippen LogP) is 2.76. The van der Waals surface area contributed by atoms with Crippen molar-refractivity contribution in [1.29, 1.82) is 0 Å². The number of nitro groups is 1. The van der Waals surface area contributed by atoms with Gasteiger partial charge in [0.05, 0.1) is 11.5 Å². The Labute approximate surface area is 133 Å². The lowest BCUT2D eigenvalue weighted by atomic mass is 10.2. The first-order valence-electron chi connectivity index (χ1n) is 6.83. The second kappa shape index (κ2) is 7.90. The Morgan fingerprint density at radius 2 is 1.96 bits per heavy atom. The van der Waals surface area contributed by atoms with Gasteiger partial charge in [-0.05, 0) is 29.8 Å². The molecule has 7 heteroatoms. The zero-order valence-electron chi connectivity index (χ0n) is 12.5. The fourth-order valence-corrected chi connectivity index (χ4v) is 1.92. The van der Waals surface area contributed by atoms with Crippen LogP contribution >= 0.6 is 0 Å². The number of ether oxygens (including phenoxy) is 2. The van der Waals surface area contributed by atoms with E-state index in [1.165, 1.54) is 24.3 Å². The van der Waals surface area contributed by atoms with Gasteiger partial charge in [-0.2, -0.15) is 0 Å². The summed E-state index contributed by atoms with van der Waals surface area (Å²) < 4.78 is 10.3. The molecule has 0 aliphatic rings.